The maximum Gasteiger partial charge on any atom is 0.392 e. The number of nitrogens with two attached hydrogens (primary N) is 1. The summed E-state index contributed by atoms with van der Waals surface area (Å²) in [6, 6.07) is 7.84. The normalized spacial score (nSPS) is 18.2. The van der Waals surface area contributed by atoms with Crippen molar-refractivity contribution in [1.82, 2.24) is 19.8 Å². The lowest BCUT2D eigenvalue weighted by Gasteiger charge is -2.33. The van der Waals surface area contributed by atoms with Crippen molar-refractivity contribution in [2.24, 2.45) is 5.92 Å². The quantitative estimate of drug-likeness (QED) is 0.753. The molecule has 1 unspecified atom stereocenters. The summed E-state index contributed by atoms with van der Waals surface area (Å²) in [6.07, 6.45) is -4.29. The molecule has 0 spiro atoms. The van der Waals surface area contributed by atoms with E-state index in [-0.39, 0.29) is 5.95 Å². The van der Waals surface area contributed by atoms with Gasteiger partial charge >= 0.3 is 6.18 Å². The Labute approximate surface area is 191 Å². The fraction of sp³-hybridized carbons (Fsp3) is 0.522. The molecule has 178 valence electrons. The second kappa shape index (κ2) is 9.17. The van der Waals surface area contributed by atoms with Crippen LogP contribution in [0.1, 0.15) is 24.5 Å². The van der Waals surface area contributed by atoms with E-state index in [4.69, 9.17) is 5.73 Å². The molecule has 2 N–H and O–H groups in total. The first-order valence-electron chi connectivity index (χ1n) is 11.1. The fourth-order valence-corrected chi connectivity index (χ4v) is 4.23. The van der Waals surface area contributed by atoms with Crippen LogP contribution in [0.2, 0.25) is 0 Å². The van der Waals surface area contributed by atoms with Crippen LogP contribution in [0, 0.1) is 5.92 Å². The third-order valence-corrected chi connectivity index (χ3v) is 6.46. The number of aromatic nitrogens is 2. The minimum absolute atomic E-state index is 0.192. The predicted octanol–water partition coefficient (Wildman–Crippen LogP) is 2.95. The van der Waals surface area contributed by atoms with Crippen molar-refractivity contribution in [3.63, 3.8) is 0 Å². The summed E-state index contributed by atoms with van der Waals surface area (Å²) in [5.74, 6) is -1.16. The predicted molar refractivity (Wildman–Crippen MR) is 121 cm³/mol. The van der Waals surface area contributed by atoms with E-state index in [9.17, 15) is 18.0 Å². The van der Waals surface area contributed by atoms with Crippen molar-refractivity contribution >= 4 is 17.7 Å². The Morgan fingerprint density at radius 1 is 1.09 bits per heavy atom. The van der Waals surface area contributed by atoms with Gasteiger partial charge < -0.3 is 20.4 Å². The number of benzene rings is 1. The van der Waals surface area contributed by atoms with Crippen LogP contribution < -0.4 is 10.6 Å². The van der Waals surface area contributed by atoms with Crippen LogP contribution >= 0.6 is 0 Å². The van der Waals surface area contributed by atoms with Gasteiger partial charge in [-0.15, -0.1) is 0 Å². The zero-order valence-electron chi connectivity index (χ0n) is 18.9. The largest absolute Gasteiger partial charge is 0.392 e. The Bertz CT molecular complexity index is 1020. The lowest BCUT2D eigenvalue weighted by Crippen LogP contribution is -2.44. The molecular formula is C23H29F3N6O. The van der Waals surface area contributed by atoms with Gasteiger partial charge in [0.15, 0.2) is 0 Å². The molecule has 0 radical (unpaired) electrons. The zero-order chi connectivity index (χ0) is 23.8. The van der Waals surface area contributed by atoms with Gasteiger partial charge in [0.25, 0.3) is 0 Å². The highest BCUT2D eigenvalue weighted by Gasteiger charge is 2.38. The molecule has 1 fully saturated rings. The Balaban J connectivity index is 1.53. The van der Waals surface area contributed by atoms with E-state index in [1.807, 2.05) is 24.3 Å². The first-order valence-corrected chi connectivity index (χ1v) is 11.1. The highest BCUT2D eigenvalue weighted by Crippen LogP contribution is 2.31. The Hall–Kier alpha value is -2.88. The van der Waals surface area contributed by atoms with E-state index in [0.717, 1.165) is 55.6 Å². The van der Waals surface area contributed by atoms with Gasteiger partial charge in [-0.3, -0.25) is 4.79 Å². The highest BCUT2D eigenvalue weighted by atomic mass is 19.4. The highest BCUT2D eigenvalue weighted by molar-refractivity contribution is 5.77. The van der Waals surface area contributed by atoms with Crippen LogP contribution in [0.25, 0.3) is 11.3 Å². The summed E-state index contributed by atoms with van der Waals surface area (Å²) in [5, 5.41) is 0. The number of nitrogens with zero attached hydrogens (tertiary/aromatic N) is 5. The molecule has 1 aromatic heterocycles. The van der Waals surface area contributed by atoms with E-state index in [1.54, 1.807) is 0 Å². The second-order valence-corrected chi connectivity index (χ2v) is 8.96. The molecule has 1 atom stereocenters. The Kier molecular flexibility index (Phi) is 6.47. The molecule has 10 heteroatoms. The topological polar surface area (TPSA) is 78.6 Å². The van der Waals surface area contributed by atoms with Crippen LogP contribution in [-0.4, -0.2) is 71.6 Å². The molecule has 0 bridgehead atoms. The number of fused-ring (bicyclic) bond motifs is 1. The molecule has 3 heterocycles. The zero-order valence-corrected chi connectivity index (χ0v) is 18.9. The molecule has 7 nitrogen and oxygen atoms in total. The van der Waals surface area contributed by atoms with Crippen LogP contribution in [0.4, 0.5) is 24.9 Å². The average molecular weight is 463 g/mol. The summed E-state index contributed by atoms with van der Waals surface area (Å²) in [5.41, 5.74) is 9.55. The summed E-state index contributed by atoms with van der Waals surface area (Å²) in [6.45, 7) is 5.34. The number of nitrogen functional groups attached to an aromatic ring is 1. The van der Waals surface area contributed by atoms with Crippen molar-refractivity contribution in [2.75, 3.05) is 50.4 Å². The number of amides is 1. The first kappa shape index (κ1) is 23.3. The minimum atomic E-state index is -4.37. The lowest BCUT2D eigenvalue weighted by molar-refractivity contribution is -0.176. The van der Waals surface area contributed by atoms with Crippen LogP contribution in [0.15, 0.2) is 24.3 Å². The van der Waals surface area contributed by atoms with Gasteiger partial charge in [-0.05, 0) is 30.7 Å². The number of hydrogen-bond acceptors (Lipinski definition) is 6. The number of rotatable bonds is 4. The van der Waals surface area contributed by atoms with Crippen molar-refractivity contribution in [2.45, 2.75) is 32.5 Å². The number of carbonyl (C=O) groups excluding carboxylic acids is 1. The molecule has 0 saturated carbocycles. The third-order valence-electron chi connectivity index (χ3n) is 6.46. The summed E-state index contributed by atoms with van der Waals surface area (Å²) in [7, 11) is 2.09. The van der Waals surface area contributed by atoms with Gasteiger partial charge in [-0.1, -0.05) is 19.1 Å². The van der Waals surface area contributed by atoms with E-state index < -0.39 is 24.4 Å². The third kappa shape index (κ3) is 5.38. The van der Waals surface area contributed by atoms with Gasteiger partial charge in [0.05, 0.1) is 11.6 Å². The van der Waals surface area contributed by atoms with Crippen molar-refractivity contribution in [3.05, 3.63) is 35.4 Å². The summed E-state index contributed by atoms with van der Waals surface area (Å²) < 4.78 is 38.6. The molecule has 1 aromatic carbocycles. The number of anilines is 2. The maximum absolute atomic E-state index is 12.9. The van der Waals surface area contributed by atoms with Crippen LogP contribution in [-0.2, 0) is 17.8 Å². The summed E-state index contributed by atoms with van der Waals surface area (Å²) >= 11 is 0. The number of carbonyl (C=O) groups is 1. The fourth-order valence-electron chi connectivity index (χ4n) is 4.23. The number of piperazine rings is 1. The van der Waals surface area contributed by atoms with Crippen LogP contribution in [0.3, 0.4) is 0 Å². The molecule has 0 aliphatic carbocycles. The molecule has 1 amide bonds. The average Bonchev–Trinajstić information content (AvgIpc) is 2.77. The monoisotopic (exact) mass is 462 g/mol. The van der Waals surface area contributed by atoms with Gasteiger partial charge in [-0.25, -0.2) is 4.98 Å². The number of alkyl halides is 3. The molecule has 4 rings (SSSR count). The smallest absolute Gasteiger partial charge is 0.368 e. The molecule has 2 aromatic rings. The van der Waals surface area contributed by atoms with Gasteiger partial charge in [-0.2, -0.15) is 18.2 Å². The van der Waals surface area contributed by atoms with Crippen molar-refractivity contribution < 1.29 is 18.0 Å². The number of halogens is 3. The van der Waals surface area contributed by atoms with Gasteiger partial charge in [0.2, 0.25) is 11.9 Å². The van der Waals surface area contributed by atoms with Crippen LogP contribution in [0.5, 0.6) is 0 Å². The standard InChI is InChI=1S/C23H29F3N6O/c1-15(23(24,25)26)11-21(33)32-6-5-16-3-4-17(12-18(16)14-32)19-13-20(29-22(27)28-19)31-9-7-30(2)8-10-31/h3-4,12-13,15H,5-11,14H2,1-2H3,(H2,27,28,29). The maximum atomic E-state index is 12.9. The van der Waals surface area contributed by atoms with Gasteiger partial charge in [0.1, 0.15) is 5.82 Å². The molecule has 2 aliphatic rings. The van der Waals surface area contributed by atoms with Crippen molar-refractivity contribution in [3.8, 4) is 11.3 Å². The first-order chi connectivity index (χ1) is 15.6. The Morgan fingerprint density at radius 3 is 2.52 bits per heavy atom. The van der Waals surface area contributed by atoms with E-state index in [0.29, 0.717) is 25.2 Å². The number of hydrogen-bond donors (Lipinski definition) is 1. The lowest BCUT2D eigenvalue weighted by atomic mass is 9.95. The molecule has 33 heavy (non-hydrogen) atoms. The number of likely N-dealkylation sites (N-methyl/N-ethyl adjacent to an activating group) is 1. The molecule has 1 saturated heterocycles. The van der Waals surface area contributed by atoms with E-state index >= 15 is 0 Å². The van der Waals surface area contributed by atoms with Gasteiger partial charge in [0, 0.05) is 57.3 Å². The SMILES string of the molecule is CC(CC(=O)N1CCc2ccc(-c3cc(N4CCN(C)CC4)nc(N)n3)cc2C1)C(F)(F)F. The molecule has 2 aliphatic heterocycles. The van der Waals surface area contributed by atoms with Crippen molar-refractivity contribution in [1.29, 1.82) is 0 Å². The second-order valence-electron chi connectivity index (χ2n) is 8.96. The Morgan fingerprint density at radius 2 is 1.82 bits per heavy atom. The minimum Gasteiger partial charge on any atom is -0.368 e. The molecular weight excluding hydrogens is 433 g/mol. The summed E-state index contributed by atoms with van der Waals surface area (Å²) in [4.78, 5) is 27.3. The van der Waals surface area contributed by atoms with E-state index in [1.165, 1.54) is 4.90 Å². The van der Waals surface area contributed by atoms with E-state index in [2.05, 4.69) is 26.8 Å².